The van der Waals surface area contributed by atoms with Crippen LogP contribution in [0.2, 0.25) is 0 Å². The van der Waals surface area contributed by atoms with Crippen molar-refractivity contribution >= 4 is 10.0 Å². The first kappa shape index (κ1) is 13.2. The van der Waals surface area contributed by atoms with E-state index in [1.165, 1.54) is 4.31 Å². The molecule has 0 aromatic rings. The molecule has 0 aromatic carbocycles. The molecule has 1 aliphatic rings. The fraction of sp³-hybridized carbons (Fsp3) is 0.727. The largest absolute Gasteiger partial charge is 0.230 e. The van der Waals surface area contributed by atoms with Crippen LogP contribution in [-0.4, -0.2) is 31.1 Å². The Morgan fingerprint density at radius 2 is 2.25 bits per heavy atom. The summed E-state index contributed by atoms with van der Waals surface area (Å²) in [5, 5.41) is 7.92. The average molecular weight is 242 g/mol. The van der Waals surface area contributed by atoms with Gasteiger partial charge in [-0.25, -0.2) is 8.42 Å². The van der Waals surface area contributed by atoms with Crippen molar-refractivity contribution in [2.24, 2.45) is 5.92 Å². The van der Waals surface area contributed by atoms with E-state index in [-0.39, 0.29) is 0 Å². The number of hydrogen-bond acceptors (Lipinski definition) is 3. The third-order valence-electron chi connectivity index (χ3n) is 2.73. The summed E-state index contributed by atoms with van der Waals surface area (Å²) in [6.07, 6.45) is 4.08. The highest BCUT2D eigenvalue weighted by Gasteiger charge is 2.34. The lowest BCUT2D eigenvalue weighted by atomic mass is 10.4. The van der Waals surface area contributed by atoms with Crippen LogP contribution in [0.3, 0.4) is 0 Å². The molecule has 16 heavy (non-hydrogen) atoms. The van der Waals surface area contributed by atoms with Crippen LogP contribution < -0.4 is 0 Å². The first-order chi connectivity index (χ1) is 7.56. The molecule has 0 heterocycles. The lowest BCUT2D eigenvalue weighted by Crippen LogP contribution is -2.39. The van der Waals surface area contributed by atoms with Gasteiger partial charge in [0.05, 0.1) is 6.07 Å². The molecule has 1 saturated carbocycles. The van der Waals surface area contributed by atoms with Gasteiger partial charge < -0.3 is 0 Å². The molecule has 1 fully saturated rings. The van der Waals surface area contributed by atoms with Crippen LogP contribution in [0, 0.1) is 17.2 Å². The van der Waals surface area contributed by atoms with Crippen LogP contribution in [-0.2, 0) is 10.0 Å². The van der Waals surface area contributed by atoms with Crippen LogP contribution in [0.25, 0.3) is 0 Å². The third kappa shape index (κ3) is 3.06. The van der Waals surface area contributed by atoms with E-state index in [9.17, 15) is 8.42 Å². The Morgan fingerprint density at radius 3 is 2.62 bits per heavy atom. The van der Waals surface area contributed by atoms with Crippen molar-refractivity contribution in [2.75, 3.05) is 13.1 Å². The maximum atomic E-state index is 12.1. The second-order valence-corrected chi connectivity index (χ2v) is 6.24. The summed E-state index contributed by atoms with van der Waals surface area (Å²) < 4.78 is 25.6. The number of rotatable bonds is 7. The Labute approximate surface area is 97.6 Å². The normalized spacial score (nSPS) is 18.1. The van der Waals surface area contributed by atoms with Crippen molar-refractivity contribution in [3.05, 3.63) is 12.7 Å². The van der Waals surface area contributed by atoms with Gasteiger partial charge in [-0.3, -0.25) is 0 Å². The van der Waals surface area contributed by atoms with Gasteiger partial charge in [0.25, 0.3) is 0 Å². The quantitative estimate of drug-likeness (QED) is 0.636. The zero-order chi connectivity index (χ0) is 12.2. The van der Waals surface area contributed by atoms with Gasteiger partial charge in [0, 0.05) is 13.1 Å². The summed E-state index contributed by atoms with van der Waals surface area (Å²) in [6.45, 7) is 6.12. The lowest BCUT2D eigenvalue weighted by molar-refractivity contribution is 0.421. The molecular formula is C11H18N2O2S. The van der Waals surface area contributed by atoms with Crippen LogP contribution >= 0.6 is 0 Å². The van der Waals surface area contributed by atoms with Crippen molar-refractivity contribution in [1.82, 2.24) is 4.31 Å². The van der Waals surface area contributed by atoms with Crippen molar-refractivity contribution in [1.29, 1.82) is 5.26 Å². The van der Waals surface area contributed by atoms with Gasteiger partial charge in [0.2, 0.25) is 10.0 Å². The average Bonchev–Trinajstić information content (AvgIpc) is 3.02. The minimum atomic E-state index is -3.48. The highest BCUT2D eigenvalue weighted by Crippen LogP contribution is 2.31. The van der Waals surface area contributed by atoms with Gasteiger partial charge in [0.1, 0.15) is 0 Å². The molecule has 0 aromatic heterocycles. The zero-order valence-electron chi connectivity index (χ0n) is 9.59. The van der Waals surface area contributed by atoms with Crippen molar-refractivity contribution in [3.63, 3.8) is 0 Å². The van der Waals surface area contributed by atoms with Crippen LogP contribution in [0.4, 0.5) is 0 Å². The first-order valence-electron chi connectivity index (χ1n) is 5.55. The molecule has 1 aliphatic carbocycles. The molecular weight excluding hydrogens is 224 g/mol. The van der Waals surface area contributed by atoms with Crippen molar-refractivity contribution in [3.8, 4) is 6.07 Å². The molecule has 0 spiro atoms. The summed E-state index contributed by atoms with van der Waals surface area (Å²) in [5.74, 6) is 0.478. The predicted molar refractivity (Wildman–Crippen MR) is 63.1 cm³/mol. The summed E-state index contributed by atoms with van der Waals surface area (Å²) in [5.41, 5.74) is 0. The third-order valence-corrected chi connectivity index (χ3v) is 4.90. The Kier molecular flexibility index (Phi) is 4.51. The van der Waals surface area contributed by atoms with Gasteiger partial charge in [0.15, 0.2) is 5.25 Å². The van der Waals surface area contributed by atoms with Gasteiger partial charge in [-0.05, 0) is 25.2 Å². The monoisotopic (exact) mass is 242 g/mol. The van der Waals surface area contributed by atoms with Crippen LogP contribution in [0.15, 0.2) is 12.7 Å². The van der Waals surface area contributed by atoms with E-state index in [1.54, 1.807) is 13.0 Å². The molecule has 5 heteroatoms. The molecule has 4 nitrogen and oxygen atoms in total. The Bertz CT molecular complexity index is 379. The predicted octanol–water partition coefficient (Wildman–Crippen LogP) is 1.52. The highest BCUT2D eigenvalue weighted by molar-refractivity contribution is 7.90. The molecule has 1 rings (SSSR count). The van der Waals surface area contributed by atoms with E-state index in [0.29, 0.717) is 25.4 Å². The topological polar surface area (TPSA) is 61.2 Å². The van der Waals surface area contributed by atoms with E-state index in [2.05, 4.69) is 6.58 Å². The van der Waals surface area contributed by atoms with Gasteiger partial charge in [-0.15, -0.1) is 6.58 Å². The number of hydrogen-bond donors (Lipinski definition) is 0. The van der Waals surface area contributed by atoms with Crippen LogP contribution in [0.5, 0.6) is 0 Å². The zero-order valence-corrected chi connectivity index (χ0v) is 10.4. The SMILES string of the molecule is C=CCN(CC1CC1)S(=O)(=O)[C@@H](C#N)CC. The Morgan fingerprint density at radius 1 is 1.62 bits per heavy atom. The summed E-state index contributed by atoms with van der Waals surface area (Å²) >= 11 is 0. The number of sulfonamides is 1. The summed E-state index contributed by atoms with van der Waals surface area (Å²) in [4.78, 5) is 0. The molecule has 0 radical (unpaired) electrons. The smallest absolute Gasteiger partial charge is 0.211 e. The maximum absolute atomic E-state index is 12.1. The van der Waals surface area contributed by atoms with E-state index in [4.69, 9.17) is 5.26 Å². The molecule has 0 amide bonds. The lowest BCUT2D eigenvalue weighted by Gasteiger charge is -2.22. The summed E-state index contributed by atoms with van der Waals surface area (Å²) in [6, 6.07) is 1.86. The van der Waals surface area contributed by atoms with E-state index < -0.39 is 15.3 Å². The molecule has 0 unspecified atom stereocenters. The van der Waals surface area contributed by atoms with Gasteiger partial charge >= 0.3 is 0 Å². The Hall–Kier alpha value is -0.860. The van der Waals surface area contributed by atoms with Crippen molar-refractivity contribution in [2.45, 2.75) is 31.4 Å². The highest BCUT2D eigenvalue weighted by atomic mass is 32.2. The van der Waals surface area contributed by atoms with Crippen LogP contribution in [0.1, 0.15) is 26.2 Å². The van der Waals surface area contributed by atoms with E-state index in [1.807, 2.05) is 6.07 Å². The van der Waals surface area contributed by atoms with Gasteiger partial charge in [-0.1, -0.05) is 13.0 Å². The minimum Gasteiger partial charge on any atom is -0.211 e. The molecule has 0 N–H and O–H groups in total. The minimum absolute atomic E-state index is 0.303. The van der Waals surface area contributed by atoms with E-state index in [0.717, 1.165) is 12.8 Å². The molecule has 0 saturated heterocycles. The fourth-order valence-electron chi connectivity index (χ4n) is 1.56. The first-order valence-corrected chi connectivity index (χ1v) is 7.06. The molecule has 1 atom stereocenters. The molecule has 0 aliphatic heterocycles. The Balaban J connectivity index is 2.81. The van der Waals surface area contributed by atoms with E-state index >= 15 is 0 Å². The second-order valence-electron chi connectivity index (χ2n) is 4.12. The van der Waals surface area contributed by atoms with Gasteiger partial charge in [-0.2, -0.15) is 9.57 Å². The molecule has 90 valence electrons. The number of nitrogens with zero attached hydrogens (tertiary/aromatic N) is 2. The fourth-order valence-corrected chi connectivity index (χ4v) is 3.21. The second kappa shape index (κ2) is 5.46. The maximum Gasteiger partial charge on any atom is 0.230 e. The summed E-state index contributed by atoms with van der Waals surface area (Å²) in [7, 11) is -3.48. The molecule has 0 bridgehead atoms. The van der Waals surface area contributed by atoms with Crippen molar-refractivity contribution < 1.29 is 8.42 Å². The number of nitriles is 1. The standard InChI is InChI=1S/C11H18N2O2S/c1-3-7-13(9-10-5-6-10)16(14,15)11(4-2)8-12/h3,10-11H,1,4-7,9H2,2H3/t11-/m1/s1.